The van der Waals surface area contributed by atoms with Crippen LogP contribution >= 0.6 is 11.6 Å². The van der Waals surface area contributed by atoms with Gasteiger partial charge in [0.15, 0.2) is 0 Å². The summed E-state index contributed by atoms with van der Waals surface area (Å²) in [5, 5.41) is 0.564. The van der Waals surface area contributed by atoms with Crippen LogP contribution in [0.5, 0.6) is 0 Å². The summed E-state index contributed by atoms with van der Waals surface area (Å²) in [4.78, 5) is 6.67. The van der Waals surface area contributed by atoms with Gasteiger partial charge in [-0.25, -0.2) is 4.98 Å². The zero-order chi connectivity index (χ0) is 11.7. The van der Waals surface area contributed by atoms with Gasteiger partial charge in [-0.2, -0.15) is 0 Å². The van der Waals surface area contributed by atoms with Gasteiger partial charge in [0, 0.05) is 25.3 Å². The maximum atomic E-state index is 5.81. The lowest BCUT2D eigenvalue weighted by Crippen LogP contribution is -2.47. The molecule has 0 radical (unpaired) electrons. The number of halogens is 1. The summed E-state index contributed by atoms with van der Waals surface area (Å²) in [6, 6.07) is 4.54. The molecule has 92 valence electrons. The summed E-state index contributed by atoms with van der Waals surface area (Å²) in [7, 11) is 0. The fourth-order valence-corrected chi connectivity index (χ4v) is 3.05. The fourth-order valence-electron chi connectivity index (χ4n) is 2.94. The van der Waals surface area contributed by atoms with Gasteiger partial charge < -0.3 is 4.74 Å². The standard InChI is InChI=1S/C13H17ClN2O/c14-13-5-4-10(8-15-13)9-16-6-7-17-12-3-1-2-11(12)16/h4-5,8,11-12H,1-3,6-7,9H2. The second-order valence-electron chi connectivity index (χ2n) is 4.87. The van der Waals surface area contributed by atoms with Gasteiger partial charge in [-0.05, 0) is 30.9 Å². The van der Waals surface area contributed by atoms with E-state index in [-0.39, 0.29) is 0 Å². The van der Waals surface area contributed by atoms with Crippen LogP contribution in [0.15, 0.2) is 18.3 Å². The second-order valence-corrected chi connectivity index (χ2v) is 5.25. The number of nitrogens with zero attached hydrogens (tertiary/aromatic N) is 2. The Balaban J connectivity index is 1.69. The van der Waals surface area contributed by atoms with E-state index >= 15 is 0 Å². The van der Waals surface area contributed by atoms with Crippen LogP contribution in [0, 0.1) is 0 Å². The molecule has 0 aromatic carbocycles. The fraction of sp³-hybridized carbons (Fsp3) is 0.615. The average molecular weight is 253 g/mol. The molecule has 3 nitrogen and oxygen atoms in total. The smallest absolute Gasteiger partial charge is 0.129 e. The molecule has 4 heteroatoms. The van der Waals surface area contributed by atoms with E-state index in [1.807, 2.05) is 12.3 Å². The van der Waals surface area contributed by atoms with Crippen molar-refractivity contribution in [3.63, 3.8) is 0 Å². The first-order chi connectivity index (χ1) is 8.33. The number of aromatic nitrogens is 1. The third-order valence-corrected chi connectivity index (χ3v) is 4.00. The van der Waals surface area contributed by atoms with Crippen LogP contribution < -0.4 is 0 Å². The third-order valence-electron chi connectivity index (χ3n) is 3.77. The molecule has 1 aromatic heterocycles. The topological polar surface area (TPSA) is 25.4 Å². The van der Waals surface area contributed by atoms with E-state index in [9.17, 15) is 0 Å². The van der Waals surface area contributed by atoms with Crippen molar-refractivity contribution in [1.29, 1.82) is 0 Å². The quantitative estimate of drug-likeness (QED) is 0.757. The molecule has 2 unspecified atom stereocenters. The minimum Gasteiger partial charge on any atom is -0.375 e. The monoisotopic (exact) mass is 252 g/mol. The molecule has 17 heavy (non-hydrogen) atoms. The van der Waals surface area contributed by atoms with E-state index in [4.69, 9.17) is 16.3 Å². The molecule has 2 fully saturated rings. The van der Waals surface area contributed by atoms with Crippen molar-refractivity contribution in [1.82, 2.24) is 9.88 Å². The van der Waals surface area contributed by atoms with Crippen LogP contribution in [-0.4, -0.2) is 35.2 Å². The van der Waals surface area contributed by atoms with Crippen LogP contribution in [-0.2, 0) is 11.3 Å². The predicted octanol–water partition coefficient (Wildman–Crippen LogP) is 2.49. The number of morpholine rings is 1. The summed E-state index contributed by atoms with van der Waals surface area (Å²) in [6.07, 6.45) is 6.13. The number of hydrogen-bond donors (Lipinski definition) is 0. The molecule has 0 bridgehead atoms. The normalized spacial score (nSPS) is 29.2. The molecule has 2 aliphatic rings. The van der Waals surface area contributed by atoms with Crippen molar-refractivity contribution in [2.75, 3.05) is 13.2 Å². The van der Waals surface area contributed by atoms with Gasteiger partial charge in [-0.3, -0.25) is 4.90 Å². The van der Waals surface area contributed by atoms with Crippen molar-refractivity contribution in [2.24, 2.45) is 0 Å². The Morgan fingerprint density at radius 3 is 3.18 bits per heavy atom. The number of hydrogen-bond acceptors (Lipinski definition) is 3. The lowest BCUT2D eigenvalue weighted by molar-refractivity contribution is -0.0588. The highest BCUT2D eigenvalue weighted by atomic mass is 35.5. The van der Waals surface area contributed by atoms with E-state index in [1.165, 1.54) is 24.8 Å². The van der Waals surface area contributed by atoms with Gasteiger partial charge in [-0.1, -0.05) is 17.7 Å². The van der Waals surface area contributed by atoms with Gasteiger partial charge in [0.25, 0.3) is 0 Å². The minimum atomic E-state index is 0.462. The number of ether oxygens (including phenoxy) is 1. The Morgan fingerprint density at radius 2 is 2.35 bits per heavy atom. The van der Waals surface area contributed by atoms with E-state index < -0.39 is 0 Å². The molecule has 2 heterocycles. The molecule has 1 aliphatic heterocycles. The average Bonchev–Trinajstić information content (AvgIpc) is 2.81. The van der Waals surface area contributed by atoms with E-state index in [1.54, 1.807) is 0 Å². The summed E-state index contributed by atoms with van der Waals surface area (Å²) in [6.45, 7) is 2.86. The molecule has 1 saturated heterocycles. The number of pyridine rings is 1. The highest BCUT2D eigenvalue weighted by molar-refractivity contribution is 6.29. The van der Waals surface area contributed by atoms with Crippen molar-refractivity contribution in [3.05, 3.63) is 29.0 Å². The number of fused-ring (bicyclic) bond motifs is 1. The summed E-state index contributed by atoms with van der Waals surface area (Å²) >= 11 is 5.80. The third kappa shape index (κ3) is 2.46. The molecule has 0 N–H and O–H groups in total. The molecule has 1 aromatic rings. The maximum absolute atomic E-state index is 5.81. The lowest BCUT2D eigenvalue weighted by atomic mass is 10.1. The molecule has 1 aliphatic carbocycles. The van der Waals surface area contributed by atoms with Crippen LogP contribution in [0.2, 0.25) is 5.15 Å². The van der Waals surface area contributed by atoms with E-state index in [2.05, 4.69) is 16.0 Å². The van der Waals surface area contributed by atoms with Crippen LogP contribution in [0.4, 0.5) is 0 Å². The van der Waals surface area contributed by atoms with Gasteiger partial charge >= 0.3 is 0 Å². The molecule has 2 atom stereocenters. The SMILES string of the molecule is Clc1ccc(CN2CCOC3CCCC32)cn1. The highest BCUT2D eigenvalue weighted by Gasteiger charge is 2.35. The Labute approximate surface area is 107 Å². The highest BCUT2D eigenvalue weighted by Crippen LogP contribution is 2.30. The molecular formula is C13H17ClN2O. The van der Waals surface area contributed by atoms with E-state index in [0.29, 0.717) is 17.3 Å². The molecule has 0 spiro atoms. The Morgan fingerprint density at radius 1 is 1.41 bits per heavy atom. The minimum absolute atomic E-state index is 0.462. The lowest BCUT2D eigenvalue weighted by Gasteiger charge is -2.37. The number of rotatable bonds is 2. The first kappa shape index (κ1) is 11.5. The summed E-state index contributed by atoms with van der Waals surface area (Å²) in [5.74, 6) is 0. The van der Waals surface area contributed by atoms with Gasteiger partial charge in [0.05, 0.1) is 12.7 Å². The first-order valence-electron chi connectivity index (χ1n) is 6.29. The van der Waals surface area contributed by atoms with Gasteiger partial charge in [0.1, 0.15) is 5.15 Å². The van der Waals surface area contributed by atoms with Crippen LogP contribution in [0.25, 0.3) is 0 Å². The summed E-state index contributed by atoms with van der Waals surface area (Å²) < 4.78 is 5.81. The zero-order valence-electron chi connectivity index (χ0n) is 9.81. The van der Waals surface area contributed by atoms with Crippen LogP contribution in [0.1, 0.15) is 24.8 Å². The van der Waals surface area contributed by atoms with Crippen molar-refractivity contribution in [2.45, 2.75) is 38.0 Å². The molecule has 0 amide bonds. The van der Waals surface area contributed by atoms with Crippen molar-refractivity contribution < 1.29 is 4.74 Å². The Hall–Kier alpha value is -0.640. The van der Waals surface area contributed by atoms with E-state index in [0.717, 1.165) is 19.7 Å². The molecule has 3 rings (SSSR count). The second kappa shape index (κ2) is 4.92. The maximum Gasteiger partial charge on any atom is 0.129 e. The Kier molecular flexibility index (Phi) is 3.32. The van der Waals surface area contributed by atoms with Gasteiger partial charge in [-0.15, -0.1) is 0 Å². The molecule has 1 saturated carbocycles. The summed E-state index contributed by atoms with van der Waals surface area (Å²) in [5.41, 5.74) is 1.24. The van der Waals surface area contributed by atoms with Crippen molar-refractivity contribution in [3.8, 4) is 0 Å². The largest absolute Gasteiger partial charge is 0.375 e. The van der Waals surface area contributed by atoms with Crippen molar-refractivity contribution >= 4 is 11.6 Å². The molecular weight excluding hydrogens is 236 g/mol. The predicted molar refractivity (Wildman–Crippen MR) is 67.0 cm³/mol. The zero-order valence-corrected chi connectivity index (χ0v) is 10.6. The first-order valence-corrected chi connectivity index (χ1v) is 6.67. The van der Waals surface area contributed by atoms with Crippen LogP contribution in [0.3, 0.4) is 0 Å². The Bertz CT molecular complexity index is 382. The van der Waals surface area contributed by atoms with Gasteiger partial charge in [0.2, 0.25) is 0 Å².